The van der Waals surface area contributed by atoms with E-state index in [0.29, 0.717) is 26.9 Å². The third kappa shape index (κ3) is 3.73. The fourth-order valence-electron chi connectivity index (χ4n) is 1.74. The lowest BCUT2D eigenvalue weighted by atomic mass is 10.1. The molecular formula is C15H12Cl2N2OS. The van der Waals surface area contributed by atoms with Crippen LogP contribution in [0.15, 0.2) is 36.4 Å². The molecule has 3 N–H and O–H groups in total. The molecule has 108 valence electrons. The van der Waals surface area contributed by atoms with E-state index < -0.39 is 0 Å². The maximum Gasteiger partial charge on any atom is 0.255 e. The minimum absolute atomic E-state index is 0.278. The fraction of sp³-hybridized carbons (Fsp3) is 0.0667. The summed E-state index contributed by atoms with van der Waals surface area (Å²) in [6.45, 7) is 1.88. The molecule has 3 nitrogen and oxygen atoms in total. The van der Waals surface area contributed by atoms with Crippen LogP contribution in [0.2, 0.25) is 10.0 Å². The van der Waals surface area contributed by atoms with Crippen molar-refractivity contribution in [1.29, 1.82) is 0 Å². The van der Waals surface area contributed by atoms with Gasteiger partial charge < -0.3 is 11.1 Å². The molecule has 0 fully saturated rings. The molecule has 0 aliphatic carbocycles. The van der Waals surface area contributed by atoms with Gasteiger partial charge in [-0.2, -0.15) is 0 Å². The molecule has 6 heteroatoms. The molecule has 0 aliphatic rings. The Kier molecular flexibility index (Phi) is 4.83. The lowest BCUT2D eigenvalue weighted by Gasteiger charge is -2.10. The number of thiocarbonyl (C=S) groups is 1. The molecule has 0 aliphatic heterocycles. The van der Waals surface area contributed by atoms with Crippen LogP contribution in [0.25, 0.3) is 0 Å². The van der Waals surface area contributed by atoms with Crippen LogP contribution in [0.1, 0.15) is 21.5 Å². The van der Waals surface area contributed by atoms with Gasteiger partial charge in [0.2, 0.25) is 0 Å². The number of hydrogen-bond donors (Lipinski definition) is 2. The summed E-state index contributed by atoms with van der Waals surface area (Å²) < 4.78 is 0. The molecule has 0 heterocycles. The van der Waals surface area contributed by atoms with E-state index >= 15 is 0 Å². The standard InChI is InChI=1S/C15H12Cl2N2OS/c1-8-2-3-9(14(18)21)7-13(8)19-15(20)10-4-5-11(16)12(17)6-10/h2-7H,1H3,(H2,18,21)(H,19,20). The Hall–Kier alpha value is -1.62. The molecule has 0 bridgehead atoms. The average Bonchev–Trinajstić information content (AvgIpc) is 2.43. The molecule has 0 unspecified atom stereocenters. The largest absolute Gasteiger partial charge is 0.389 e. The van der Waals surface area contributed by atoms with Crippen molar-refractivity contribution in [3.05, 3.63) is 63.1 Å². The lowest BCUT2D eigenvalue weighted by molar-refractivity contribution is 0.102. The van der Waals surface area contributed by atoms with Gasteiger partial charge in [-0.3, -0.25) is 4.79 Å². The number of nitrogens with two attached hydrogens (primary N) is 1. The van der Waals surface area contributed by atoms with Gasteiger partial charge in [-0.25, -0.2) is 0 Å². The Bertz CT molecular complexity index is 732. The Morgan fingerprint density at radius 1 is 1.10 bits per heavy atom. The molecule has 2 rings (SSSR count). The predicted octanol–water partition coefficient (Wildman–Crippen LogP) is 4.19. The van der Waals surface area contributed by atoms with E-state index in [1.165, 1.54) is 6.07 Å². The number of nitrogens with one attached hydrogen (secondary N) is 1. The van der Waals surface area contributed by atoms with Crippen molar-refractivity contribution in [2.45, 2.75) is 6.92 Å². The van der Waals surface area contributed by atoms with Crippen LogP contribution in [0.3, 0.4) is 0 Å². The summed E-state index contributed by atoms with van der Waals surface area (Å²) in [5.41, 5.74) is 8.27. The number of aryl methyl sites for hydroxylation is 1. The molecule has 2 aromatic rings. The maximum absolute atomic E-state index is 12.2. The summed E-state index contributed by atoms with van der Waals surface area (Å²) in [5.74, 6) is -0.281. The van der Waals surface area contributed by atoms with E-state index in [-0.39, 0.29) is 10.9 Å². The number of hydrogen-bond acceptors (Lipinski definition) is 2. The Morgan fingerprint density at radius 3 is 2.38 bits per heavy atom. The second kappa shape index (κ2) is 6.43. The van der Waals surface area contributed by atoms with Crippen LogP contribution in [-0.4, -0.2) is 10.9 Å². The zero-order valence-corrected chi connectivity index (χ0v) is 13.4. The van der Waals surface area contributed by atoms with E-state index in [1.54, 1.807) is 18.2 Å². The van der Waals surface area contributed by atoms with Gasteiger partial charge in [-0.1, -0.05) is 47.6 Å². The topological polar surface area (TPSA) is 55.1 Å². The van der Waals surface area contributed by atoms with Crippen molar-refractivity contribution in [2.24, 2.45) is 5.73 Å². The second-order valence-electron chi connectivity index (χ2n) is 4.48. The zero-order chi connectivity index (χ0) is 15.6. The third-order valence-electron chi connectivity index (χ3n) is 2.95. The molecule has 0 atom stereocenters. The van der Waals surface area contributed by atoms with Gasteiger partial charge >= 0.3 is 0 Å². The van der Waals surface area contributed by atoms with Crippen molar-refractivity contribution < 1.29 is 4.79 Å². The summed E-state index contributed by atoms with van der Waals surface area (Å²) in [5, 5.41) is 3.55. The summed E-state index contributed by atoms with van der Waals surface area (Å²) in [4.78, 5) is 12.5. The molecule has 0 aromatic heterocycles. The van der Waals surface area contributed by atoms with E-state index in [0.717, 1.165) is 5.56 Å². The molecule has 21 heavy (non-hydrogen) atoms. The van der Waals surface area contributed by atoms with Gasteiger partial charge in [-0.05, 0) is 36.8 Å². The van der Waals surface area contributed by atoms with Crippen molar-refractivity contribution in [3.63, 3.8) is 0 Å². The normalized spacial score (nSPS) is 10.2. The first-order chi connectivity index (χ1) is 9.88. The van der Waals surface area contributed by atoms with Crippen LogP contribution in [0.4, 0.5) is 5.69 Å². The summed E-state index contributed by atoms with van der Waals surface area (Å²) >= 11 is 16.7. The zero-order valence-electron chi connectivity index (χ0n) is 11.1. The fourth-order valence-corrected chi connectivity index (χ4v) is 2.17. The second-order valence-corrected chi connectivity index (χ2v) is 5.73. The molecule has 0 saturated heterocycles. The molecule has 1 amide bonds. The monoisotopic (exact) mass is 338 g/mol. The van der Waals surface area contributed by atoms with E-state index in [2.05, 4.69) is 5.32 Å². The van der Waals surface area contributed by atoms with Crippen molar-refractivity contribution in [3.8, 4) is 0 Å². The van der Waals surface area contributed by atoms with E-state index in [9.17, 15) is 4.79 Å². The Balaban J connectivity index is 2.28. The van der Waals surface area contributed by atoms with Crippen LogP contribution in [0, 0.1) is 6.92 Å². The quantitative estimate of drug-likeness (QED) is 0.825. The Morgan fingerprint density at radius 2 is 1.76 bits per heavy atom. The third-order valence-corrected chi connectivity index (χ3v) is 3.93. The summed E-state index contributed by atoms with van der Waals surface area (Å²) in [6.07, 6.45) is 0. The SMILES string of the molecule is Cc1ccc(C(N)=S)cc1NC(=O)c1ccc(Cl)c(Cl)c1. The predicted molar refractivity (Wildman–Crippen MR) is 91.5 cm³/mol. The number of carbonyl (C=O) groups excluding carboxylic acids is 1. The molecule has 2 aromatic carbocycles. The first kappa shape index (κ1) is 15.8. The van der Waals surface area contributed by atoms with Crippen LogP contribution < -0.4 is 11.1 Å². The average molecular weight is 339 g/mol. The number of rotatable bonds is 3. The van der Waals surface area contributed by atoms with Gasteiger partial charge in [0.25, 0.3) is 5.91 Å². The molecule has 0 radical (unpaired) electrons. The van der Waals surface area contributed by atoms with Crippen molar-refractivity contribution >= 4 is 52.0 Å². The van der Waals surface area contributed by atoms with Gasteiger partial charge in [-0.15, -0.1) is 0 Å². The maximum atomic E-state index is 12.2. The highest BCUT2D eigenvalue weighted by molar-refractivity contribution is 7.80. The summed E-state index contributed by atoms with van der Waals surface area (Å²) in [7, 11) is 0. The minimum Gasteiger partial charge on any atom is -0.389 e. The van der Waals surface area contributed by atoms with Gasteiger partial charge in [0, 0.05) is 16.8 Å². The number of anilines is 1. The smallest absolute Gasteiger partial charge is 0.255 e. The first-order valence-electron chi connectivity index (χ1n) is 6.05. The Labute approximate surface area is 138 Å². The minimum atomic E-state index is -0.281. The van der Waals surface area contributed by atoms with Crippen LogP contribution >= 0.6 is 35.4 Å². The summed E-state index contributed by atoms with van der Waals surface area (Å²) in [6, 6.07) is 10.1. The highest BCUT2D eigenvalue weighted by Crippen LogP contribution is 2.24. The van der Waals surface area contributed by atoms with Crippen LogP contribution in [-0.2, 0) is 0 Å². The van der Waals surface area contributed by atoms with Crippen molar-refractivity contribution in [1.82, 2.24) is 0 Å². The number of amides is 1. The lowest BCUT2D eigenvalue weighted by Crippen LogP contribution is -2.15. The van der Waals surface area contributed by atoms with E-state index in [1.807, 2.05) is 19.1 Å². The first-order valence-corrected chi connectivity index (χ1v) is 7.22. The highest BCUT2D eigenvalue weighted by atomic mass is 35.5. The number of halogens is 2. The molecule has 0 saturated carbocycles. The van der Waals surface area contributed by atoms with Gasteiger partial charge in [0.1, 0.15) is 4.99 Å². The number of carbonyl (C=O) groups is 1. The number of benzene rings is 2. The molecule has 0 spiro atoms. The molecular weight excluding hydrogens is 327 g/mol. The van der Waals surface area contributed by atoms with Gasteiger partial charge in [0.05, 0.1) is 10.0 Å². The van der Waals surface area contributed by atoms with E-state index in [4.69, 9.17) is 41.2 Å². The van der Waals surface area contributed by atoms with Crippen LogP contribution in [0.5, 0.6) is 0 Å². The van der Waals surface area contributed by atoms with Crippen molar-refractivity contribution in [2.75, 3.05) is 5.32 Å². The highest BCUT2D eigenvalue weighted by Gasteiger charge is 2.10. The van der Waals surface area contributed by atoms with Gasteiger partial charge in [0.15, 0.2) is 0 Å².